The van der Waals surface area contributed by atoms with E-state index in [0.29, 0.717) is 31.2 Å². The number of carbonyl (C=O) groups is 2. The number of aliphatic carboxylic acids is 1. The van der Waals surface area contributed by atoms with Crippen molar-refractivity contribution in [3.8, 4) is 0 Å². The standard InChI is InChI=1S/C16H20FNO3/c1-11(7-8-12-5-2-3-6-13(12)17)14(19)18-16(15(20)21)9-4-10-16/h2-3,5-6,11H,4,7-10H2,1H3,(H,18,19)(H,20,21). The monoisotopic (exact) mass is 293 g/mol. The number of halogens is 1. The van der Waals surface area contributed by atoms with Crippen molar-refractivity contribution >= 4 is 11.9 Å². The zero-order valence-electron chi connectivity index (χ0n) is 12.1. The number of carboxylic acid groups (broad SMARTS) is 1. The number of nitrogens with one attached hydrogen (secondary N) is 1. The van der Waals surface area contributed by atoms with Crippen LogP contribution < -0.4 is 5.32 Å². The number of amides is 1. The molecule has 114 valence electrons. The van der Waals surface area contributed by atoms with Gasteiger partial charge in [0.15, 0.2) is 0 Å². The lowest BCUT2D eigenvalue weighted by Gasteiger charge is -2.38. The molecular formula is C16H20FNO3. The van der Waals surface area contributed by atoms with Crippen LogP contribution in [0.4, 0.5) is 4.39 Å². The van der Waals surface area contributed by atoms with Crippen LogP contribution in [0.15, 0.2) is 24.3 Å². The van der Waals surface area contributed by atoms with E-state index >= 15 is 0 Å². The third-order valence-electron chi connectivity index (χ3n) is 4.23. The minimum Gasteiger partial charge on any atom is -0.480 e. The molecule has 1 aliphatic carbocycles. The molecular weight excluding hydrogens is 273 g/mol. The first-order chi connectivity index (χ1) is 9.94. The van der Waals surface area contributed by atoms with Gasteiger partial charge in [-0.3, -0.25) is 4.79 Å². The van der Waals surface area contributed by atoms with Gasteiger partial charge in [0.1, 0.15) is 11.4 Å². The third kappa shape index (κ3) is 3.40. The van der Waals surface area contributed by atoms with Crippen LogP contribution in [0.1, 0.15) is 38.2 Å². The first kappa shape index (κ1) is 15.5. The molecule has 4 nitrogen and oxygen atoms in total. The van der Waals surface area contributed by atoms with E-state index in [1.54, 1.807) is 25.1 Å². The Morgan fingerprint density at radius 3 is 2.57 bits per heavy atom. The fourth-order valence-electron chi connectivity index (χ4n) is 2.49. The summed E-state index contributed by atoms with van der Waals surface area (Å²) in [5, 5.41) is 11.8. The molecule has 0 aromatic heterocycles. The lowest BCUT2D eigenvalue weighted by molar-refractivity contribution is -0.152. The highest BCUT2D eigenvalue weighted by Gasteiger charge is 2.46. The number of carboxylic acids is 1. The number of hydrogen-bond acceptors (Lipinski definition) is 2. The molecule has 1 saturated carbocycles. The highest BCUT2D eigenvalue weighted by atomic mass is 19.1. The molecule has 1 fully saturated rings. The number of benzene rings is 1. The van der Waals surface area contributed by atoms with Crippen molar-refractivity contribution in [1.29, 1.82) is 0 Å². The van der Waals surface area contributed by atoms with Crippen LogP contribution in [0.2, 0.25) is 0 Å². The fraction of sp³-hybridized carbons (Fsp3) is 0.500. The Balaban J connectivity index is 1.88. The molecule has 0 saturated heterocycles. The Morgan fingerprint density at radius 1 is 1.38 bits per heavy atom. The van der Waals surface area contributed by atoms with Gasteiger partial charge in [-0.05, 0) is 43.7 Å². The summed E-state index contributed by atoms with van der Waals surface area (Å²) in [6, 6.07) is 6.48. The second-order valence-corrected chi connectivity index (χ2v) is 5.76. The predicted octanol–water partition coefficient (Wildman–Crippen LogP) is 2.52. The SMILES string of the molecule is CC(CCc1ccccc1F)C(=O)NC1(C(=O)O)CCC1. The average molecular weight is 293 g/mol. The number of hydrogen-bond donors (Lipinski definition) is 2. The van der Waals surface area contributed by atoms with Crippen molar-refractivity contribution in [3.63, 3.8) is 0 Å². The molecule has 2 rings (SSSR count). The molecule has 2 N–H and O–H groups in total. The summed E-state index contributed by atoms with van der Waals surface area (Å²) in [5.41, 5.74) is -0.502. The molecule has 1 amide bonds. The van der Waals surface area contributed by atoms with E-state index in [9.17, 15) is 19.1 Å². The number of carbonyl (C=O) groups excluding carboxylic acids is 1. The number of aryl methyl sites for hydroxylation is 1. The van der Waals surface area contributed by atoms with Crippen molar-refractivity contribution in [1.82, 2.24) is 5.32 Å². The second kappa shape index (κ2) is 6.24. The van der Waals surface area contributed by atoms with E-state index in [4.69, 9.17) is 0 Å². The highest BCUT2D eigenvalue weighted by Crippen LogP contribution is 2.32. The van der Waals surface area contributed by atoms with Crippen molar-refractivity contribution in [2.75, 3.05) is 0 Å². The van der Waals surface area contributed by atoms with Crippen LogP contribution in [-0.2, 0) is 16.0 Å². The van der Waals surface area contributed by atoms with Crippen LogP contribution in [0, 0.1) is 11.7 Å². The second-order valence-electron chi connectivity index (χ2n) is 5.76. The first-order valence-electron chi connectivity index (χ1n) is 7.23. The van der Waals surface area contributed by atoms with Gasteiger partial charge in [-0.2, -0.15) is 0 Å². The van der Waals surface area contributed by atoms with Gasteiger partial charge in [-0.15, -0.1) is 0 Å². The van der Waals surface area contributed by atoms with Crippen molar-refractivity contribution in [3.05, 3.63) is 35.6 Å². The average Bonchev–Trinajstić information content (AvgIpc) is 2.40. The summed E-state index contributed by atoms with van der Waals surface area (Å²) in [5.74, 6) is -1.86. The van der Waals surface area contributed by atoms with Crippen molar-refractivity contribution < 1.29 is 19.1 Å². The molecule has 1 aromatic rings. The smallest absolute Gasteiger partial charge is 0.329 e. The molecule has 0 spiro atoms. The Morgan fingerprint density at radius 2 is 2.05 bits per heavy atom. The van der Waals surface area contributed by atoms with E-state index in [-0.39, 0.29) is 17.6 Å². The van der Waals surface area contributed by atoms with E-state index in [1.807, 2.05) is 0 Å². The summed E-state index contributed by atoms with van der Waals surface area (Å²) in [7, 11) is 0. The van der Waals surface area contributed by atoms with Gasteiger partial charge in [-0.1, -0.05) is 25.1 Å². The molecule has 1 aliphatic rings. The van der Waals surface area contributed by atoms with Crippen LogP contribution >= 0.6 is 0 Å². The zero-order valence-corrected chi connectivity index (χ0v) is 12.1. The van der Waals surface area contributed by atoms with E-state index < -0.39 is 11.5 Å². The van der Waals surface area contributed by atoms with Gasteiger partial charge < -0.3 is 10.4 Å². The molecule has 21 heavy (non-hydrogen) atoms. The third-order valence-corrected chi connectivity index (χ3v) is 4.23. The molecule has 0 bridgehead atoms. The Bertz CT molecular complexity index is 540. The maximum Gasteiger partial charge on any atom is 0.329 e. The molecule has 1 unspecified atom stereocenters. The molecule has 0 radical (unpaired) electrons. The molecule has 1 atom stereocenters. The van der Waals surface area contributed by atoms with Crippen molar-refractivity contribution in [2.24, 2.45) is 5.92 Å². The van der Waals surface area contributed by atoms with Crippen LogP contribution in [0.25, 0.3) is 0 Å². The lowest BCUT2D eigenvalue weighted by atomic mass is 9.76. The van der Waals surface area contributed by atoms with E-state index in [2.05, 4.69) is 5.32 Å². The fourth-order valence-corrected chi connectivity index (χ4v) is 2.49. The molecule has 0 heterocycles. The summed E-state index contributed by atoms with van der Waals surface area (Å²) >= 11 is 0. The van der Waals surface area contributed by atoms with Crippen molar-refractivity contribution in [2.45, 2.75) is 44.6 Å². The van der Waals surface area contributed by atoms with Gasteiger partial charge in [0.25, 0.3) is 0 Å². The Kier molecular flexibility index (Phi) is 4.60. The van der Waals surface area contributed by atoms with Crippen LogP contribution in [-0.4, -0.2) is 22.5 Å². The summed E-state index contributed by atoms with van der Waals surface area (Å²) < 4.78 is 13.5. The lowest BCUT2D eigenvalue weighted by Crippen LogP contribution is -2.60. The largest absolute Gasteiger partial charge is 0.480 e. The minimum atomic E-state index is -1.08. The maximum atomic E-state index is 13.5. The highest BCUT2D eigenvalue weighted by molar-refractivity contribution is 5.88. The predicted molar refractivity (Wildman–Crippen MR) is 76.2 cm³/mol. The van der Waals surface area contributed by atoms with Gasteiger partial charge in [-0.25, -0.2) is 9.18 Å². The van der Waals surface area contributed by atoms with Gasteiger partial charge >= 0.3 is 5.97 Å². The van der Waals surface area contributed by atoms with Gasteiger partial charge in [0.05, 0.1) is 0 Å². The van der Waals surface area contributed by atoms with E-state index in [1.165, 1.54) is 6.07 Å². The molecule has 1 aromatic carbocycles. The topological polar surface area (TPSA) is 66.4 Å². The van der Waals surface area contributed by atoms with E-state index in [0.717, 1.165) is 6.42 Å². The Labute approximate surface area is 123 Å². The summed E-state index contributed by atoms with van der Waals surface area (Å²) in [6.07, 6.45) is 2.72. The van der Waals surface area contributed by atoms with Crippen LogP contribution in [0.5, 0.6) is 0 Å². The molecule has 0 aliphatic heterocycles. The Hall–Kier alpha value is -1.91. The van der Waals surface area contributed by atoms with Gasteiger partial charge in [0, 0.05) is 5.92 Å². The summed E-state index contributed by atoms with van der Waals surface area (Å²) in [6.45, 7) is 1.74. The summed E-state index contributed by atoms with van der Waals surface area (Å²) in [4.78, 5) is 23.3. The normalized spacial score (nSPS) is 17.6. The van der Waals surface area contributed by atoms with Crippen LogP contribution in [0.3, 0.4) is 0 Å². The quantitative estimate of drug-likeness (QED) is 0.847. The minimum absolute atomic E-state index is 0.270. The van der Waals surface area contributed by atoms with Gasteiger partial charge in [0.2, 0.25) is 5.91 Å². The first-order valence-corrected chi connectivity index (χ1v) is 7.23. The molecule has 5 heteroatoms. The maximum absolute atomic E-state index is 13.5. The zero-order chi connectivity index (χ0) is 15.5. The number of rotatable bonds is 6.